The second kappa shape index (κ2) is 4.76. The summed E-state index contributed by atoms with van der Waals surface area (Å²) in [6, 6.07) is 6.87. The highest BCUT2D eigenvalue weighted by Crippen LogP contribution is 2.33. The standard InChI is InChI=1S/C15H12O4S/c1-8(15(17)18)9-2-3-11-12(6-9)19-7-10-4-5-20-14(10)13(11)16/h2-6,8H,7H2,1H3,(H,17,18). The summed E-state index contributed by atoms with van der Waals surface area (Å²) < 4.78 is 5.67. The summed E-state index contributed by atoms with van der Waals surface area (Å²) in [6.07, 6.45) is 0. The maximum atomic E-state index is 12.4. The molecule has 0 saturated heterocycles. The van der Waals surface area contributed by atoms with Gasteiger partial charge in [0.05, 0.1) is 16.4 Å². The summed E-state index contributed by atoms with van der Waals surface area (Å²) in [5.74, 6) is -1.12. The summed E-state index contributed by atoms with van der Waals surface area (Å²) in [6.45, 7) is 1.95. The van der Waals surface area contributed by atoms with E-state index in [9.17, 15) is 9.59 Å². The molecular weight excluding hydrogens is 276 g/mol. The number of hydrogen-bond donors (Lipinski definition) is 1. The molecule has 4 nitrogen and oxygen atoms in total. The van der Waals surface area contributed by atoms with Crippen LogP contribution < -0.4 is 4.74 Å². The molecule has 1 aromatic carbocycles. The molecule has 5 heteroatoms. The number of carboxylic acids is 1. The number of fused-ring (bicyclic) bond motifs is 2. The van der Waals surface area contributed by atoms with Gasteiger partial charge in [0.15, 0.2) is 0 Å². The number of aliphatic carboxylic acids is 1. The highest BCUT2D eigenvalue weighted by atomic mass is 32.1. The minimum absolute atomic E-state index is 0.0583. The van der Waals surface area contributed by atoms with Gasteiger partial charge in [0.2, 0.25) is 5.78 Å². The van der Waals surface area contributed by atoms with Crippen molar-refractivity contribution in [1.29, 1.82) is 0 Å². The summed E-state index contributed by atoms with van der Waals surface area (Å²) >= 11 is 1.40. The molecule has 1 N–H and O–H groups in total. The molecule has 0 spiro atoms. The smallest absolute Gasteiger partial charge is 0.310 e. The maximum Gasteiger partial charge on any atom is 0.310 e. The molecule has 102 valence electrons. The van der Waals surface area contributed by atoms with Gasteiger partial charge in [0, 0.05) is 5.56 Å². The number of hydrogen-bond acceptors (Lipinski definition) is 4. The van der Waals surface area contributed by atoms with Crippen molar-refractivity contribution in [2.75, 3.05) is 0 Å². The van der Waals surface area contributed by atoms with E-state index < -0.39 is 11.9 Å². The van der Waals surface area contributed by atoms with Crippen LogP contribution in [-0.4, -0.2) is 16.9 Å². The van der Waals surface area contributed by atoms with E-state index >= 15 is 0 Å². The zero-order valence-corrected chi connectivity index (χ0v) is 11.6. The molecule has 1 atom stereocenters. The summed E-state index contributed by atoms with van der Waals surface area (Å²) in [4.78, 5) is 24.1. The van der Waals surface area contributed by atoms with Gasteiger partial charge in [-0.05, 0) is 36.1 Å². The Bertz CT molecular complexity index is 702. The van der Waals surface area contributed by atoms with E-state index in [1.807, 2.05) is 11.4 Å². The maximum absolute atomic E-state index is 12.4. The van der Waals surface area contributed by atoms with Crippen LogP contribution in [0.25, 0.3) is 0 Å². The first-order valence-corrected chi connectivity index (χ1v) is 7.06. The summed E-state index contributed by atoms with van der Waals surface area (Å²) in [5, 5.41) is 10.9. The first-order chi connectivity index (χ1) is 9.58. The van der Waals surface area contributed by atoms with Crippen LogP contribution in [0.15, 0.2) is 29.6 Å². The number of carbonyl (C=O) groups is 2. The average Bonchev–Trinajstić information content (AvgIpc) is 2.87. The quantitative estimate of drug-likeness (QED) is 0.922. The van der Waals surface area contributed by atoms with Crippen LogP contribution in [0, 0.1) is 0 Å². The minimum Gasteiger partial charge on any atom is -0.488 e. The molecule has 0 bridgehead atoms. The highest BCUT2D eigenvalue weighted by Gasteiger charge is 2.25. The van der Waals surface area contributed by atoms with E-state index in [0.717, 1.165) is 5.56 Å². The molecule has 1 aromatic heterocycles. The topological polar surface area (TPSA) is 63.6 Å². The Hall–Kier alpha value is -2.14. The van der Waals surface area contributed by atoms with Crippen molar-refractivity contribution in [2.24, 2.45) is 0 Å². The van der Waals surface area contributed by atoms with Gasteiger partial charge >= 0.3 is 5.97 Å². The molecule has 1 unspecified atom stereocenters. The first-order valence-electron chi connectivity index (χ1n) is 6.18. The second-order valence-corrected chi connectivity index (χ2v) is 5.62. The predicted molar refractivity (Wildman–Crippen MR) is 74.6 cm³/mol. The highest BCUT2D eigenvalue weighted by molar-refractivity contribution is 7.12. The normalized spacial score (nSPS) is 14.8. The lowest BCUT2D eigenvalue weighted by Gasteiger charge is -2.11. The van der Waals surface area contributed by atoms with Gasteiger partial charge in [-0.1, -0.05) is 6.07 Å². The van der Waals surface area contributed by atoms with E-state index in [-0.39, 0.29) is 5.78 Å². The number of benzene rings is 1. The monoisotopic (exact) mass is 288 g/mol. The van der Waals surface area contributed by atoms with Crippen LogP contribution in [0.3, 0.4) is 0 Å². The average molecular weight is 288 g/mol. The van der Waals surface area contributed by atoms with Crippen LogP contribution in [-0.2, 0) is 11.4 Å². The van der Waals surface area contributed by atoms with E-state index in [1.165, 1.54) is 11.3 Å². The van der Waals surface area contributed by atoms with E-state index in [1.54, 1.807) is 25.1 Å². The number of carboxylic acid groups (broad SMARTS) is 1. The third-order valence-electron chi connectivity index (χ3n) is 3.46. The molecule has 20 heavy (non-hydrogen) atoms. The van der Waals surface area contributed by atoms with Crippen LogP contribution in [0.5, 0.6) is 5.75 Å². The van der Waals surface area contributed by atoms with Gasteiger partial charge in [0.25, 0.3) is 0 Å². The van der Waals surface area contributed by atoms with Gasteiger partial charge in [-0.25, -0.2) is 0 Å². The molecule has 2 heterocycles. The van der Waals surface area contributed by atoms with Crippen LogP contribution >= 0.6 is 11.3 Å². The Morgan fingerprint density at radius 3 is 2.95 bits per heavy atom. The summed E-state index contributed by atoms with van der Waals surface area (Å²) in [5.41, 5.74) is 2.01. The van der Waals surface area contributed by atoms with Crippen molar-refractivity contribution >= 4 is 23.1 Å². The lowest BCUT2D eigenvalue weighted by molar-refractivity contribution is -0.138. The predicted octanol–water partition coefficient (Wildman–Crippen LogP) is 3.06. The zero-order chi connectivity index (χ0) is 14.3. The number of ether oxygens (including phenoxy) is 1. The molecular formula is C15H12O4S. The fraction of sp³-hybridized carbons (Fsp3) is 0.200. The number of rotatable bonds is 2. The molecule has 0 amide bonds. The zero-order valence-electron chi connectivity index (χ0n) is 10.8. The number of ketones is 1. The van der Waals surface area contributed by atoms with Crippen molar-refractivity contribution in [2.45, 2.75) is 19.4 Å². The van der Waals surface area contributed by atoms with Crippen molar-refractivity contribution in [3.05, 3.63) is 51.2 Å². The van der Waals surface area contributed by atoms with Crippen molar-refractivity contribution in [1.82, 2.24) is 0 Å². The number of carbonyl (C=O) groups excluding carboxylic acids is 1. The Morgan fingerprint density at radius 2 is 2.20 bits per heavy atom. The van der Waals surface area contributed by atoms with Crippen LogP contribution in [0.2, 0.25) is 0 Å². The largest absolute Gasteiger partial charge is 0.488 e. The molecule has 2 aromatic rings. The van der Waals surface area contributed by atoms with E-state index in [2.05, 4.69) is 0 Å². The molecule has 0 saturated carbocycles. The lowest BCUT2D eigenvalue weighted by atomic mass is 9.98. The number of thiophene rings is 1. The van der Waals surface area contributed by atoms with Gasteiger partial charge in [0.1, 0.15) is 12.4 Å². The summed E-state index contributed by atoms with van der Waals surface area (Å²) in [7, 11) is 0. The van der Waals surface area contributed by atoms with Gasteiger partial charge in [-0.2, -0.15) is 0 Å². The van der Waals surface area contributed by atoms with Gasteiger partial charge in [-0.3, -0.25) is 9.59 Å². The van der Waals surface area contributed by atoms with Gasteiger partial charge < -0.3 is 9.84 Å². The van der Waals surface area contributed by atoms with Crippen molar-refractivity contribution < 1.29 is 19.4 Å². The SMILES string of the molecule is CC(C(=O)O)c1ccc2c(c1)OCc1ccsc1C2=O. The fourth-order valence-corrected chi connectivity index (χ4v) is 3.05. The van der Waals surface area contributed by atoms with E-state index in [0.29, 0.717) is 28.4 Å². The molecule has 0 radical (unpaired) electrons. The molecule has 3 rings (SSSR count). The molecule has 1 aliphatic rings. The Kier molecular flexibility index (Phi) is 3.06. The molecule has 0 aliphatic carbocycles. The third kappa shape index (κ3) is 2.00. The first kappa shape index (κ1) is 12.9. The Labute approximate surface area is 119 Å². The van der Waals surface area contributed by atoms with Crippen LogP contribution in [0.4, 0.5) is 0 Å². The molecule has 0 fully saturated rings. The fourth-order valence-electron chi connectivity index (χ4n) is 2.18. The Morgan fingerprint density at radius 1 is 1.40 bits per heavy atom. The third-order valence-corrected chi connectivity index (χ3v) is 4.41. The molecule has 1 aliphatic heterocycles. The van der Waals surface area contributed by atoms with Crippen molar-refractivity contribution in [3.63, 3.8) is 0 Å². The van der Waals surface area contributed by atoms with Crippen molar-refractivity contribution in [3.8, 4) is 5.75 Å². The second-order valence-electron chi connectivity index (χ2n) is 4.71. The van der Waals surface area contributed by atoms with Gasteiger partial charge in [-0.15, -0.1) is 11.3 Å². The Balaban J connectivity index is 2.05. The lowest BCUT2D eigenvalue weighted by Crippen LogP contribution is -2.08. The van der Waals surface area contributed by atoms with Crippen LogP contribution in [0.1, 0.15) is 39.2 Å². The minimum atomic E-state index is -0.899. The van der Waals surface area contributed by atoms with E-state index in [4.69, 9.17) is 9.84 Å².